The molecule has 0 saturated heterocycles. The van der Waals surface area contributed by atoms with Crippen LogP contribution in [0.15, 0.2) is 73.1 Å². The molecule has 2 aromatic carbocycles. The van der Waals surface area contributed by atoms with Crippen LogP contribution in [-0.4, -0.2) is 4.98 Å². The van der Waals surface area contributed by atoms with E-state index in [0.29, 0.717) is 5.69 Å². The number of nitrogens with one attached hydrogen (secondary N) is 1. The summed E-state index contributed by atoms with van der Waals surface area (Å²) in [5.41, 5.74) is -0.872. The summed E-state index contributed by atoms with van der Waals surface area (Å²) in [5, 5.41) is 2.99. The van der Waals surface area contributed by atoms with E-state index in [0.717, 1.165) is 24.3 Å². The SMILES string of the molecule is FC(F)(F)c1cccc(C(Nc2ccncc2)c2cccc(C(F)(F)F)c2)c1. The Morgan fingerprint density at radius 1 is 0.679 bits per heavy atom. The second-order valence-electron chi connectivity index (χ2n) is 6.06. The molecule has 3 rings (SSSR count). The van der Waals surface area contributed by atoms with Gasteiger partial charge in [0.2, 0.25) is 0 Å². The van der Waals surface area contributed by atoms with Crippen LogP contribution >= 0.6 is 0 Å². The van der Waals surface area contributed by atoms with Crippen LogP contribution in [0.3, 0.4) is 0 Å². The van der Waals surface area contributed by atoms with Crippen LogP contribution in [0, 0.1) is 0 Å². The van der Waals surface area contributed by atoms with Crippen molar-refractivity contribution in [1.29, 1.82) is 0 Å². The maximum absolute atomic E-state index is 13.1. The standard InChI is InChI=1S/C20H14F6N2/c21-19(22,23)15-5-1-3-13(11-15)18(28-17-7-9-27-10-8-17)14-4-2-6-16(12-14)20(24,25)26/h1-12,18H,(H,27,28). The maximum atomic E-state index is 13.1. The third-order valence-corrected chi connectivity index (χ3v) is 4.09. The molecular formula is C20H14F6N2. The minimum absolute atomic E-state index is 0.186. The molecule has 1 aromatic heterocycles. The van der Waals surface area contributed by atoms with E-state index < -0.39 is 29.5 Å². The van der Waals surface area contributed by atoms with Crippen molar-refractivity contribution >= 4 is 5.69 Å². The Labute approximate surface area is 156 Å². The predicted octanol–water partition coefficient (Wildman–Crippen LogP) is 6.32. The van der Waals surface area contributed by atoms with Gasteiger partial charge < -0.3 is 5.32 Å². The lowest BCUT2D eigenvalue weighted by Gasteiger charge is -2.23. The number of benzene rings is 2. The highest BCUT2D eigenvalue weighted by Crippen LogP contribution is 2.36. The Balaban J connectivity index is 2.09. The van der Waals surface area contributed by atoms with Crippen molar-refractivity contribution in [3.05, 3.63) is 95.3 Å². The van der Waals surface area contributed by atoms with Crippen LogP contribution in [0.2, 0.25) is 0 Å². The van der Waals surface area contributed by atoms with Gasteiger partial charge in [0.15, 0.2) is 0 Å². The van der Waals surface area contributed by atoms with Gasteiger partial charge in [-0.3, -0.25) is 4.98 Å². The number of rotatable bonds is 4. The van der Waals surface area contributed by atoms with Gasteiger partial charge in [0.25, 0.3) is 0 Å². The van der Waals surface area contributed by atoms with E-state index in [1.54, 1.807) is 12.1 Å². The monoisotopic (exact) mass is 396 g/mol. The molecule has 3 aromatic rings. The molecule has 146 valence electrons. The number of alkyl halides is 6. The lowest BCUT2D eigenvalue weighted by Crippen LogP contribution is -2.15. The normalized spacial score (nSPS) is 12.2. The second-order valence-corrected chi connectivity index (χ2v) is 6.06. The molecule has 0 aliphatic heterocycles. The summed E-state index contributed by atoms with van der Waals surface area (Å²) in [6, 6.07) is 11.3. The summed E-state index contributed by atoms with van der Waals surface area (Å²) in [7, 11) is 0. The average Bonchev–Trinajstić information content (AvgIpc) is 2.66. The van der Waals surface area contributed by atoms with Crippen molar-refractivity contribution in [3.8, 4) is 0 Å². The number of hydrogen-bond donors (Lipinski definition) is 1. The van der Waals surface area contributed by atoms with Crippen molar-refractivity contribution < 1.29 is 26.3 Å². The zero-order chi connectivity index (χ0) is 20.4. The third-order valence-electron chi connectivity index (χ3n) is 4.09. The Kier molecular flexibility index (Phi) is 5.31. The van der Waals surface area contributed by atoms with Gasteiger partial charge in [0, 0.05) is 18.1 Å². The molecule has 0 saturated carbocycles. The zero-order valence-electron chi connectivity index (χ0n) is 14.2. The number of pyridine rings is 1. The third kappa shape index (κ3) is 4.62. The minimum Gasteiger partial charge on any atom is -0.374 e. The fourth-order valence-corrected chi connectivity index (χ4v) is 2.76. The van der Waals surface area contributed by atoms with Crippen LogP contribution in [0.5, 0.6) is 0 Å². The highest BCUT2D eigenvalue weighted by atomic mass is 19.4. The van der Waals surface area contributed by atoms with Gasteiger partial charge in [-0.15, -0.1) is 0 Å². The molecule has 1 heterocycles. The number of nitrogens with zero attached hydrogens (tertiary/aromatic N) is 1. The van der Waals surface area contributed by atoms with E-state index >= 15 is 0 Å². The first-order valence-electron chi connectivity index (χ1n) is 8.15. The zero-order valence-corrected chi connectivity index (χ0v) is 14.2. The van der Waals surface area contributed by atoms with Gasteiger partial charge in [-0.25, -0.2) is 0 Å². The quantitative estimate of drug-likeness (QED) is 0.522. The minimum atomic E-state index is -4.56. The van der Waals surface area contributed by atoms with Crippen molar-refractivity contribution in [2.75, 3.05) is 5.32 Å². The molecule has 2 nitrogen and oxygen atoms in total. The maximum Gasteiger partial charge on any atom is 0.416 e. The van der Waals surface area contributed by atoms with Crippen molar-refractivity contribution in [1.82, 2.24) is 4.98 Å². The van der Waals surface area contributed by atoms with Gasteiger partial charge in [-0.05, 0) is 47.5 Å². The van der Waals surface area contributed by atoms with E-state index in [1.165, 1.54) is 36.7 Å². The fraction of sp³-hybridized carbons (Fsp3) is 0.150. The highest BCUT2D eigenvalue weighted by Gasteiger charge is 2.33. The molecule has 1 N–H and O–H groups in total. The van der Waals surface area contributed by atoms with Gasteiger partial charge >= 0.3 is 12.4 Å². The van der Waals surface area contributed by atoms with Gasteiger partial charge in [-0.2, -0.15) is 26.3 Å². The Morgan fingerprint density at radius 3 is 1.57 bits per heavy atom. The first kappa shape index (κ1) is 19.7. The molecular weight excluding hydrogens is 382 g/mol. The van der Waals surface area contributed by atoms with Gasteiger partial charge in [-0.1, -0.05) is 24.3 Å². The van der Waals surface area contributed by atoms with Crippen LogP contribution < -0.4 is 5.32 Å². The first-order valence-corrected chi connectivity index (χ1v) is 8.15. The van der Waals surface area contributed by atoms with E-state index in [-0.39, 0.29) is 11.1 Å². The van der Waals surface area contributed by atoms with E-state index in [1.807, 2.05) is 0 Å². The van der Waals surface area contributed by atoms with E-state index in [9.17, 15) is 26.3 Å². The summed E-state index contributed by atoms with van der Waals surface area (Å²) >= 11 is 0. The van der Waals surface area contributed by atoms with Crippen molar-refractivity contribution in [2.24, 2.45) is 0 Å². The molecule has 0 spiro atoms. The molecule has 0 aliphatic carbocycles. The molecule has 0 atom stereocenters. The largest absolute Gasteiger partial charge is 0.416 e. The topological polar surface area (TPSA) is 24.9 Å². The summed E-state index contributed by atoms with van der Waals surface area (Å²) in [6.07, 6.45) is -6.19. The molecule has 0 unspecified atom stereocenters. The number of anilines is 1. The summed E-state index contributed by atoms with van der Waals surface area (Å²) in [4.78, 5) is 3.85. The van der Waals surface area contributed by atoms with Crippen LogP contribution in [0.4, 0.5) is 32.0 Å². The van der Waals surface area contributed by atoms with Crippen molar-refractivity contribution in [3.63, 3.8) is 0 Å². The summed E-state index contributed by atoms with van der Waals surface area (Å²) in [5.74, 6) is 0. The molecule has 0 amide bonds. The molecule has 8 heteroatoms. The van der Waals surface area contributed by atoms with Crippen molar-refractivity contribution in [2.45, 2.75) is 18.4 Å². The van der Waals surface area contributed by atoms with E-state index in [2.05, 4.69) is 10.3 Å². The number of halogens is 6. The smallest absolute Gasteiger partial charge is 0.374 e. The molecule has 0 aliphatic rings. The Morgan fingerprint density at radius 2 is 1.14 bits per heavy atom. The Hall–Kier alpha value is -3.03. The summed E-state index contributed by atoms with van der Waals surface area (Å²) in [6.45, 7) is 0. The molecule has 0 bridgehead atoms. The molecule has 0 fully saturated rings. The van der Waals surface area contributed by atoms with Gasteiger partial charge in [0.1, 0.15) is 0 Å². The number of hydrogen-bond acceptors (Lipinski definition) is 2. The second kappa shape index (κ2) is 7.53. The average molecular weight is 396 g/mol. The summed E-state index contributed by atoms with van der Waals surface area (Å²) < 4.78 is 78.6. The predicted molar refractivity (Wildman–Crippen MR) is 92.6 cm³/mol. The fourth-order valence-electron chi connectivity index (χ4n) is 2.76. The molecule has 28 heavy (non-hydrogen) atoms. The first-order chi connectivity index (χ1) is 13.1. The van der Waals surface area contributed by atoms with Crippen LogP contribution in [0.25, 0.3) is 0 Å². The lowest BCUT2D eigenvalue weighted by atomic mass is 9.95. The van der Waals surface area contributed by atoms with Crippen LogP contribution in [-0.2, 0) is 12.4 Å². The van der Waals surface area contributed by atoms with Gasteiger partial charge in [0.05, 0.1) is 17.2 Å². The number of aromatic nitrogens is 1. The highest BCUT2D eigenvalue weighted by molar-refractivity contribution is 5.49. The van der Waals surface area contributed by atoms with E-state index in [4.69, 9.17) is 0 Å². The molecule has 0 radical (unpaired) electrons. The lowest BCUT2D eigenvalue weighted by molar-refractivity contribution is -0.138. The van der Waals surface area contributed by atoms with Crippen LogP contribution in [0.1, 0.15) is 28.3 Å². The Bertz CT molecular complexity index is 878.